The molecule has 7 nitrogen and oxygen atoms in total. The van der Waals surface area contributed by atoms with Gasteiger partial charge in [0.05, 0.1) is 34.1 Å². The van der Waals surface area contributed by atoms with Crippen LogP contribution in [0.4, 0.5) is 4.39 Å². The van der Waals surface area contributed by atoms with Crippen molar-refractivity contribution >= 4 is 21.9 Å². The largest absolute Gasteiger partial charge is 0.508 e. The summed E-state index contributed by atoms with van der Waals surface area (Å²) in [4.78, 5) is 17.6. The number of benzene rings is 2. The normalized spacial score (nSPS) is 11.6. The molecule has 5 aromatic rings. The van der Waals surface area contributed by atoms with Crippen LogP contribution in [0.5, 0.6) is 5.75 Å². The second kappa shape index (κ2) is 6.28. The average molecular weight is 403 g/mol. The SMILES string of the molecule is Cc1nn(C)cc1-n1c(=O)n(C)c2cnc3ccc(-c4cc(O)cc(F)c4)cc3c21. The van der Waals surface area contributed by atoms with Gasteiger partial charge >= 0.3 is 5.69 Å². The minimum Gasteiger partial charge on any atom is -0.508 e. The highest BCUT2D eigenvalue weighted by molar-refractivity contribution is 6.04. The van der Waals surface area contributed by atoms with E-state index in [-0.39, 0.29) is 11.4 Å². The Morgan fingerprint density at radius 1 is 1.07 bits per heavy atom. The topological polar surface area (TPSA) is 77.9 Å². The predicted molar refractivity (Wildman–Crippen MR) is 112 cm³/mol. The van der Waals surface area contributed by atoms with Crippen molar-refractivity contribution in [2.24, 2.45) is 14.1 Å². The lowest BCUT2D eigenvalue weighted by molar-refractivity contribution is 0.469. The summed E-state index contributed by atoms with van der Waals surface area (Å²) in [5.41, 5.74) is 4.53. The van der Waals surface area contributed by atoms with Crippen molar-refractivity contribution in [1.82, 2.24) is 23.9 Å². The summed E-state index contributed by atoms with van der Waals surface area (Å²) in [5.74, 6) is -0.673. The molecule has 150 valence electrons. The van der Waals surface area contributed by atoms with E-state index in [1.165, 1.54) is 12.1 Å². The first-order chi connectivity index (χ1) is 14.3. The number of aromatic nitrogens is 5. The van der Waals surface area contributed by atoms with E-state index in [4.69, 9.17) is 0 Å². The summed E-state index contributed by atoms with van der Waals surface area (Å²) in [6.45, 7) is 1.85. The first-order valence-corrected chi connectivity index (χ1v) is 9.34. The van der Waals surface area contributed by atoms with Gasteiger partial charge in [-0.25, -0.2) is 9.18 Å². The quantitative estimate of drug-likeness (QED) is 0.490. The van der Waals surface area contributed by atoms with Gasteiger partial charge in [0.1, 0.15) is 11.6 Å². The number of aryl methyl sites for hydroxylation is 3. The minimum atomic E-state index is -0.524. The van der Waals surface area contributed by atoms with Gasteiger partial charge in [-0.2, -0.15) is 5.10 Å². The van der Waals surface area contributed by atoms with Crippen LogP contribution in [-0.2, 0) is 14.1 Å². The molecule has 3 aromatic heterocycles. The summed E-state index contributed by atoms with van der Waals surface area (Å²) in [5, 5.41) is 14.9. The number of nitrogens with zero attached hydrogens (tertiary/aromatic N) is 5. The van der Waals surface area contributed by atoms with Crippen molar-refractivity contribution in [1.29, 1.82) is 0 Å². The monoisotopic (exact) mass is 403 g/mol. The van der Waals surface area contributed by atoms with Gasteiger partial charge in [0.15, 0.2) is 0 Å². The molecule has 0 aliphatic carbocycles. The zero-order valence-electron chi connectivity index (χ0n) is 16.6. The zero-order valence-corrected chi connectivity index (χ0v) is 16.6. The van der Waals surface area contributed by atoms with Gasteiger partial charge in [0.2, 0.25) is 0 Å². The molecule has 0 aliphatic rings. The highest BCUT2D eigenvalue weighted by Gasteiger charge is 2.19. The lowest BCUT2D eigenvalue weighted by Crippen LogP contribution is -2.21. The maximum Gasteiger partial charge on any atom is 0.333 e. The second-order valence-corrected chi connectivity index (χ2v) is 7.37. The molecule has 0 saturated carbocycles. The van der Waals surface area contributed by atoms with E-state index in [0.717, 1.165) is 17.1 Å². The molecule has 2 aromatic carbocycles. The van der Waals surface area contributed by atoms with Crippen molar-refractivity contribution in [2.75, 3.05) is 0 Å². The molecule has 0 fully saturated rings. The zero-order chi connectivity index (χ0) is 21.2. The Kier molecular flexibility index (Phi) is 3.79. The molecule has 0 spiro atoms. The molecular formula is C22H18FN5O2. The molecule has 0 bridgehead atoms. The van der Waals surface area contributed by atoms with Crippen molar-refractivity contribution < 1.29 is 9.50 Å². The lowest BCUT2D eigenvalue weighted by atomic mass is 10.0. The third-order valence-corrected chi connectivity index (χ3v) is 5.33. The standard InChI is InChI=1S/C22H18FN5O2/c1-12-20(11-26(2)25-12)28-21-17-8-13(14-6-15(23)9-16(29)7-14)4-5-18(17)24-10-19(21)27(3)22(28)30/h4-11,29H,1-3H3. The first kappa shape index (κ1) is 18.1. The molecular weight excluding hydrogens is 385 g/mol. The van der Waals surface area contributed by atoms with Crippen molar-refractivity contribution in [3.63, 3.8) is 0 Å². The number of imidazole rings is 1. The molecule has 5 rings (SSSR count). The Hall–Kier alpha value is -3.94. The van der Waals surface area contributed by atoms with Crippen molar-refractivity contribution in [3.05, 3.63) is 70.8 Å². The molecule has 8 heteroatoms. The fraction of sp³-hybridized carbons (Fsp3) is 0.136. The van der Waals surface area contributed by atoms with Gasteiger partial charge in [-0.15, -0.1) is 0 Å². The van der Waals surface area contributed by atoms with E-state index < -0.39 is 5.82 Å². The summed E-state index contributed by atoms with van der Waals surface area (Å²) in [6.07, 6.45) is 3.48. The lowest BCUT2D eigenvalue weighted by Gasteiger charge is -2.08. The first-order valence-electron chi connectivity index (χ1n) is 9.34. The van der Waals surface area contributed by atoms with Gasteiger partial charge in [-0.1, -0.05) is 6.07 Å². The van der Waals surface area contributed by atoms with Gasteiger partial charge < -0.3 is 5.11 Å². The summed E-state index contributed by atoms with van der Waals surface area (Å²) >= 11 is 0. The molecule has 3 heterocycles. The van der Waals surface area contributed by atoms with Gasteiger partial charge in [-0.3, -0.25) is 18.8 Å². The number of phenolic OH excluding ortho intramolecular Hbond substituents is 1. The molecule has 1 N–H and O–H groups in total. The van der Waals surface area contributed by atoms with Gasteiger partial charge in [0, 0.05) is 31.7 Å². The summed E-state index contributed by atoms with van der Waals surface area (Å²) in [6, 6.07) is 9.42. The van der Waals surface area contributed by atoms with Crippen LogP contribution in [0.1, 0.15) is 5.69 Å². The van der Waals surface area contributed by atoms with Crippen LogP contribution < -0.4 is 5.69 Å². The number of pyridine rings is 1. The fourth-order valence-electron chi connectivity index (χ4n) is 3.95. The second-order valence-electron chi connectivity index (χ2n) is 7.37. The number of rotatable bonds is 2. The molecule has 0 unspecified atom stereocenters. The smallest absolute Gasteiger partial charge is 0.333 e. The van der Waals surface area contributed by atoms with Crippen molar-refractivity contribution in [3.8, 4) is 22.6 Å². The van der Waals surface area contributed by atoms with E-state index in [9.17, 15) is 14.3 Å². The van der Waals surface area contributed by atoms with Gasteiger partial charge in [-0.05, 0) is 42.3 Å². The van der Waals surface area contributed by atoms with E-state index in [2.05, 4.69) is 10.1 Å². The number of hydrogen-bond acceptors (Lipinski definition) is 4. The van der Waals surface area contributed by atoms with E-state index in [0.29, 0.717) is 33.4 Å². The maximum absolute atomic E-state index is 13.8. The molecule has 0 saturated heterocycles. The maximum atomic E-state index is 13.8. The number of hydrogen-bond donors (Lipinski definition) is 1. The Morgan fingerprint density at radius 2 is 1.87 bits per heavy atom. The Bertz CT molecular complexity index is 1510. The third-order valence-electron chi connectivity index (χ3n) is 5.33. The van der Waals surface area contributed by atoms with Crippen LogP contribution in [0, 0.1) is 12.7 Å². The molecule has 30 heavy (non-hydrogen) atoms. The Labute approximate surface area is 170 Å². The fourth-order valence-corrected chi connectivity index (χ4v) is 3.95. The van der Waals surface area contributed by atoms with Crippen LogP contribution in [0.15, 0.2) is 53.6 Å². The Balaban J connectivity index is 1.90. The van der Waals surface area contributed by atoms with E-state index >= 15 is 0 Å². The number of phenols is 1. The molecule has 0 aliphatic heterocycles. The van der Waals surface area contributed by atoms with Crippen LogP contribution in [0.3, 0.4) is 0 Å². The van der Waals surface area contributed by atoms with Crippen LogP contribution in [0.25, 0.3) is 38.8 Å². The molecule has 0 amide bonds. The summed E-state index contributed by atoms with van der Waals surface area (Å²) in [7, 11) is 3.51. The Morgan fingerprint density at radius 3 is 2.57 bits per heavy atom. The van der Waals surface area contributed by atoms with Crippen molar-refractivity contribution in [2.45, 2.75) is 6.92 Å². The highest BCUT2D eigenvalue weighted by atomic mass is 19.1. The molecule has 0 atom stereocenters. The predicted octanol–water partition coefficient (Wildman–Crippen LogP) is 3.43. The number of halogens is 1. The third kappa shape index (κ3) is 2.61. The minimum absolute atomic E-state index is 0.149. The van der Waals surface area contributed by atoms with Crippen LogP contribution in [0.2, 0.25) is 0 Å². The number of fused-ring (bicyclic) bond motifs is 3. The van der Waals surface area contributed by atoms with Crippen LogP contribution in [-0.4, -0.2) is 29.0 Å². The summed E-state index contributed by atoms with van der Waals surface area (Å²) < 4.78 is 18.7. The van der Waals surface area contributed by atoms with E-state index in [1.807, 2.05) is 25.1 Å². The number of aromatic hydroxyl groups is 1. The highest BCUT2D eigenvalue weighted by Crippen LogP contribution is 2.31. The van der Waals surface area contributed by atoms with Gasteiger partial charge in [0.25, 0.3) is 0 Å². The van der Waals surface area contributed by atoms with E-state index in [1.54, 1.807) is 40.3 Å². The van der Waals surface area contributed by atoms with Crippen LogP contribution >= 0.6 is 0 Å². The average Bonchev–Trinajstić information content (AvgIpc) is 3.16. The molecule has 0 radical (unpaired) electrons.